The molecular formula is C18H26O. The maximum atomic E-state index is 5.54. The summed E-state index contributed by atoms with van der Waals surface area (Å²) in [5, 5.41) is 0. The van der Waals surface area contributed by atoms with Crippen molar-refractivity contribution in [3.63, 3.8) is 0 Å². The first kappa shape index (κ1) is 13.0. The first-order valence-corrected chi connectivity index (χ1v) is 8.01. The van der Waals surface area contributed by atoms with E-state index in [0.717, 1.165) is 23.5 Å². The van der Waals surface area contributed by atoms with E-state index < -0.39 is 0 Å². The van der Waals surface area contributed by atoms with Crippen LogP contribution >= 0.6 is 0 Å². The van der Waals surface area contributed by atoms with E-state index in [1.165, 1.54) is 56.9 Å². The molecule has 19 heavy (non-hydrogen) atoms. The maximum absolute atomic E-state index is 5.54. The Morgan fingerprint density at radius 1 is 0.895 bits per heavy atom. The molecule has 0 radical (unpaired) electrons. The van der Waals surface area contributed by atoms with Crippen LogP contribution < -0.4 is 4.74 Å². The second-order valence-corrected chi connectivity index (χ2v) is 6.41. The summed E-state index contributed by atoms with van der Waals surface area (Å²) in [6, 6.07) is 8.62. The molecule has 0 bridgehead atoms. The Morgan fingerprint density at radius 2 is 1.68 bits per heavy atom. The molecule has 2 aliphatic carbocycles. The van der Waals surface area contributed by atoms with E-state index in [9.17, 15) is 0 Å². The Morgan fingerprint density at radius 3 is 2.47 bits per heavy atom. The van der Waals surface area contributed by atoms with Gasteiger partial charge < -0.3 is 4.74 Å². The van der Waals surface area contributed by atoms with Gasteiger partial charge in [-0.2, -0.15) is 0 Å². The minimum Gasteiger partial charge on any atom is -0.496 e. The van der Waals surface area contributed by atoms with Gasteiger partial charge in [-0.1, -0.05) is 50.3 Å². The molecule has 0 saturated heterocycles. The lowest BCUT2D eigenvalue weighted by atomic mass is 9.78. The van der Waals surface area contributed by atoms with Gasteiger partial charge in [0.15, 0.2) is 0 Å². The van der Waals surface area contributed by atoms with Gasteiger partial charge in [0, 0.05) is 0 Å². The zero-order chi connectivity index (χ0) is 13.1. The maximum Gasteiger partial charge on any atom is 0.122 e. The summed E-state index contributed by atoms with van der Waals surface area (Å²) >= 11 is 0. The third-order valence-corrected chi connectivity index (χ3v) is 5.37. The standard InChI is InChI=1S/C18H26O/c1-19-18-10-6-5-9-17(18)16-12-11-15(13-16)14-7-3-2-4-8-14/h5-6,9-10,14-16H,2-4,7-8,11-13H2,1H3. The number of para-hydroxylation sites is 1. The lowest BCUT2D eigenvalue weighted by Gasteiger charge is -2.27. The fraction of sp³-hybridized carbons (Fsp3) is 0.667. The van der Waals surface area contributed by atoms with Gasteiger partial charge in [0.25, 0.3) is 0 Å². The molecule has 2 saturated carbocycles. The van der Waals surface area contributed by atoms with Gasteiger partial charge in [-0.3, -0.25) is 0 Å². The van der Waals surface area contributed by atoms with Gasteiger partial charge in [0.1, 0.15) is 5.75 Å². The van der Waals surface area contributed by atoms with Crippen LogP contribution in [0.25, 0.3) is 0 Å². The van der Waals surface area contributed by atoms with Crippen LogP contribution in [0.2, 0.25) is 0 Å². The molecule has 1 nitrogen and oxygen atoms in total. The molecule has 0 aromatic heterocycles. The zero-order valence-corrected chi connectivity index (χ0v) is 12.1. The van der Waals surface area contributed by atoms with Crippen LogP contribution in [-0.2, 0) is 0 Å². The minimum atomic E-state index is 0.739. The minimum absolute atomic E-state index is 0.739. The molecular weight excluding hydrogens is 232 g/mol. The number of ether oxygens (including phenoxy) is 1. The topological polar surface area (TPSA) is 9.23 Å². The van der Waals surface area contributed by atoms with Crippen molar-refractivity contribution >= 4 is 0 Å². The molecule has 1 aromatic carbocycles. The fourth-order valence-corrected chi connectivity index (χ4v) is 4.34. The molecule has 104 valence electrons. The smallest absolute Gasteiger partial charge is 0.122 e. The Kier molecular flexibility index (Phi) is 4.10. The summed E-state index contributed by atoms with van der Waals surface area (Å²) in [4.78, 5) is 0. The average molecular weight is 258 g/mol. The summed E-state index contributed by atoms with van der Waals surface area (Å²) in [7, 11) is 1.80. The van der Waals surface area contributed by atoms with Crippen molar-refractivity contribution in [1.29, 1.82) is 0 Å². The SMILES string of the molecule is COc1ccccc1C1CCC(C2CCCCC2)C1. The molecule has 1 heteroatoms. The zero-order valence-electron chi connectivity index (χ0n) is 12.1. The Balaban J connectivity index is 1.67. The molecule has 0 aliphatic heterocycles. The highest BCUT2D eigenvalue weighted by Gasteiger charge is 2.33. The lowest BCUT2D eigenvalue weighted by molar-refractivity contribution is 0.250. The van der Waals surface area contributed by atoms with Crippen LogP contribution in [0.4, 0.5) is 0 Å². The van der Waals surface area contributed by atoms with Gasteiger partial charge in [0.05, 0.1) is 7.11 Å². The first-order valence-electron chi connectivity index (χ1n) is 8.01. The van der Waals surface area contributed by atoms with Gasteiger partial charge in [-0.05, 0) is 48.6 Å². The Labute approximate surface area is 117 Å². The molecule has 0 heterocycles. The lowest BCUT2D eigenvalue weighted by Crippen LogP contribution is -2.15. The Hall–Kier alpha value is -0.980. The Bertz CT molecular complexity index is 406. The summed E-state index contributed by atoms with van der Waals surface area (Å²) in [5.74, 6) is 3.84. The van der Waals surface area contributed by atoms with Gasteiger partial charge in [-0.25, -0.2) is 0 Å². The number of methoxy groups -OCH3 is 1. The highest BCUT2D eigenvalue weighted by atomic mass is 16.5. The largest absolute Gasteiger partial charge is 0.496 e. The average Bonchev–Trinajstić information content (AvgIpc) is 2.98. The normalized spacial score (nSPS) is 28.5. The van der Waals surface area contributed by atoms with Gasteiger partial charge in [0.2, 0.25) is 0 Å². The van der Waals surface area contributed by atoms with Crippen LogP contribution in [-0.4, -0.2) is 7.11 Å². The van der Waals surface area contributed by atoms with Crippen LogP contribution in [0.3, 0.4) is 0 Å². The molecule has 3 rings (SSSR count). The molecule has 0 spiro atoms. The van der Waals surface area contributed by atoms with E-state index in [1.807, 2.05) is 0 Å². The van der Waals surface area contributed by atoms with Crippen molar-refractivity contribution in [3.05, 3.63) is 29.8 Å². The monoisotopic (exact) mass is 258 g/mol. The number of benzene rings is 1. The number of hydrogen-bond donors (Lipinski definition) is 0. The predicted octanol–water partition coefficient (Wildman–Crippen LogP) is 5.16. The quantitative estimate of drug-likeness (QED) is 0.727. The van der Waals surface area contributed by atoms with Crippen LogP contribution in [0.1, 0.15) is 62.8 Å². The van der Waals surface area contributed by atoms with Gasteiger partial charge >= 0.3 is 0 Å². The molecule has 2 atom stereocenters. The van der Waals surface area contributed by atoms with E-state index in [1.54, 1.807) is 7.11 Å². The third kappa shape index (κ3) is 2.80. The summed E-state index contributed by atoms with van der Waals surface area (Å²) in [5.41, 5.74) is 1.45. The number of hydrogen-bond acceptors (Lipinski definition) is 1. The van der Waals surface area contributed by atoms with Crippen LogP contribution in [0.15, 0.2) is 24.3 Å². The van der Waals surface area contributed by atoms with E-state index in [2.05, 4.69) is 24.3 Å². The predicted molar refractivity (Wildman–Crippen MR) is 79.7 cm³/mol. The second kappa shape index (κ2) is 5.98. The summed E-state index contributed by atoms with van der Waals surface area (Å²) in [6.45, 7) is 0. The first-order chi connectivity index (χ1) is 9.38. The van der Waals surface area contributed by atoms with Crippen molar-refractivity contribution in [2.75, 3.05) is 7.11 Å². The molecule has 2 aliphatic rings. The number of rotatable bonds is 3. The van der Waals surface area contributed by atoms with Crippen molar-refractivity contribution in [2.24, 2.45) is 11.8 Å². The highest BCUT2D eigenvalue weighted by molar-refractivity contribution is 5.36. The van der Waals surface area contributed by atoms with Crippen molar-refractivity contribution < 1.29 is 4.74 Å². The molecule has 2 unspecified atom stereocenters. The van der Waals surface area contributed by atoms with Crippen molar-refractivity contribution in [1.82, 2.24) is 0 Å². The van der Waals surface area contributed by atoms with E-state index in [4.69, 9.17) is 4.74 Å². The van der Waals surface area contributed by atoms with Crippen LogP contribution in [0.5, 0.6) is 5.75 Å². The van der Waals surface area contributed by atoms with E-state index >= 15 is 0 Å². The third-order valence-electron chi connectivity index (χ3n) is 5.37. The molecule has 0 amide bonds. The molecule has 0 N–H and O–H groups in total. The van der Waals surface area contributed by atoms with Crippen LogP contribution in [0, 0.1) is 11.8 Å². The summed E-state index contributed by atoms with van der Waals surface area (Å²) in [6.07, 6.45) is 11.6. The fourth-order valence-electron chi connectivity index (χ4n) is 4.34. The summed E-state index contributed by atoms with van der Waals surface area (Å²) < 4.78 is 5.54. The van der Waals surface area contributed by atoms with E-state index in [0.29, 0.717) is 0 Å². The van der Waals surface area contributed by atoms with Crippen molar-refractivity contribution in [3.8, 4) is 5.75 Å². The van der Waals surface area contributed by atoms with Crippen molar-refractivity contribution in [2.45, 2.75) is 57.3 Å². The highest BCUT2D eigenvalue weighted by Crippen LogP contribution is 2.47. The molecule has 2 fully saturated rings. The van der Waals surface area contributed by atoms with Gasteiger partial charge in [-0.15, -0.1) is 0 Å². The molecule has 1 aromatic rings. The second-order valence-electron chi connectivity index (χ2n) is 6.41. The van der Waals surface area contributed by atoms with E-state index in [-0.39, 0.29) is 0 Å².